The van der Waals surface area contributed by atoms with Crippen LogP contribution in [0.4, 0.5) is 11.4 Å². The number of pyridine rings is 1. The lowest BCUT2D eigenvalue weighted by molar-refractivity contribution is -0.151. The molecule has 0 spiro atoms. The smallest absolute Gasteiger partial charge is 0.327 e. The number of carbonyl (C=O) groups is 4. The normalized spacial score (nSPS) is 11.1. The molecule has 1 aromatic carbocycles. The molecule has 12 heteroatoms. The van der Waals surface area contributed by atoms with E-state index in [1.54, 1.807) is 6.92 Å². The van der Waals surface area contributed by atoms with Crippen molar-refractivity contribution in [3.8, 4) is 0 Å². The van der Waals surface area contributed by atoms with Gasteiger partial charge < -0.3 is 20.4 Å². The van der Waals surface area contributed by atoms with Crippen molar-refractivity contribution in [3.05, 3.63) is 70.1 Å². The van der Waals surface area contributed by atoms with Gasteiger partial charge in [-0.15, -0.1) is 0 Å². The number of rotatable bonds is 8. The standard InChI is InChI=1S/C22H24ClN5O6/c1-4-18(29)28(12-19(30)34-5-2)26-20(31)13(3)27-10-6-7-17(22(27)33)25-21(32)14-8-9-16(24)15(23)11-14/h4,6-11,13H,1,5,12,24H2,2-3H3,(H,25,32)(H,26,31)/t13-/m0/s1. The lowest BCUT2D eigenvalue weighted by atomic mass is 10.2. The average Bonchev–Trinajstić information content (AvgIpc) is 2.80. The molecular weight excluding hydrogens is 466 g/mol. The molecule has 0 saturated heterocycles. The Morgan fingerprint density at radius 2 is 2.00 bits per heavy atom. The minimum Gasteiger partial charge on any atom is -0.465 e. The Kier molecular flexibility index (Phi) is 8.96. The number of esters is 1. The number of hydrogen-bond donors (Lipinski definition) is 3. The minimum absolute atomic E-state index is 0.0920. The third kappa shape index (κ3) is 6.45. The number of halogens is 1. The van der Waals surface area contributed by atoms with Gasteiger partial charge in [-0.1, -0.05) is 18.2 Å². The predicted octanol–water partition coefficient (Wildman–Crippen LogP) is 1.51. The molecule has 0 fully saturated rings. The van der Waals surface area contributed by atoms with Gasteiger partial charge in [0.05, 0.1) is 17.3 Å². The Morgan fingerprint density at radius 1 is 1.29 bits per heavy atom. The maximum Gasteiger partial charge on any atom is 0.327 e. The van der Waals surface area contributed by atoms with E-state index < -0.39 is 41.8 Å². The van der Waals surface area contributed by atoms with Crippen molar-refractivity contribution in [2.45, 2.75) is 19.9 Å². The SMILES string of the molecule is C=CC(=O)N(CC(=O)OCC)NC(=O)[C@H](C)n1cccc(NC(=O)c2ccc(N)c(Cl)c2)c1=O. The molecule has 34 heavy (non-hydrogen) atoms. The van der Waals surface area contributed by atoms with Gasteiger partial charge in [-0.25, -0.2) is 5.01 Å². The molecule has 0 aliphatic heterocycles. The number of carbonyl (C=O) groups excluding carboxylic acids is 4. The first-order valence-electron chi connectivity index (χ1n) is 10.1. The van der Waals surface area contributed by atoms with E-state index in [9.17, 15) is 24.0 Å². The summed E-state index contributed by atoms with van der Waals surface area (Å²) in [6.07, 6.45) is 2.25. The molecule has 2 rings (SSSR count). The quantitative estimate of drug-likeness (QED) is 0.220. The van der Waals surface area contributed by atoms with Gasteiger partial charge in [-0.3, -0.25) is 29.4 Å². The van der Waals surface area contributed by atoms with Crippen LogP contribution in [0.1, 0.15) is 30.2 Å². The Hall–Kier alpha value is -4.12. The van der Waals surface area contributed by atoms with E-state index >= 15 is 0 Å². The van der Waals surface area contributed by atoms with Gasteiger partial charge in [0, 0.05) is 11.8 Å². The molecule has 1 aromatic heterocycles. The number of amides is 3. The summed E-state index contributed by atoms with van der Waals surface area (Å²) in [5, 5.41) is 3.39. The number of benzene rings is 1. The molecule has 4 N–H and O–H groups in total. The van der Waals surface area contributed by atoms with Crippen LogP contribution in [0.3, 0.4) is 0 Å². The summed E-state index contributed by atoms with van der Waals surface area (Å²) >= 11 is 5.94. The van der Waals surface area contributed by atoms with E-state index in [0.717, 1.165) is 15.7 Å². The Balaban J connectivity index is 2.21. The van der Waals surface area contributed by atoms with E-state index in [4.69, 9.17) is 22.1 Å². The highest BCUT2D eigenvalue weighted by atomic mass is 35.5. The van der Waals surface area contributed by atoms with Crippen LogP contribution in [0, 0.1) is 0 Å². The molecule has 0 aliphatic carbocycles. The zero-order chi connectivity index (χ0) is 25.4. The second-order valence-corrected chi connectivity index (χ2v) is 7.32. The van der Waals surface area contributed by atoms with Crippen molar-refractivity contribution in [1.82, 2.24) is 15.0 Å². The lowest BCUT2D eigenvalue weighted by Gasteiger charge is -2.24. The zero-order valence-electron chi connectivity index (χ0n) is 18.5. The second kappa shape index (κ2) is 11.7. The monoisotopic (exact) mass is 489 g/mol. The molecular formula is C22H24ClN5O6. The first-order valence-corrected chi connectivity index (χ1v) is 10.4. The van der Waals surface area contributed by atoms with E-state index in [1.807, 2.05) is 0 Å². The molecule has 0 bridgehead atoms. The molecule has 1 atom stereocenters. The van der Waals surface area contributed by atoms with Crippen molar-refractivity contribution >= 4 is 46.7 Å². The molecule has 0 aliphatic rings. The fourth-order valence-corrected chi connectivity index (χ4v) is 2.92. The number of nitrogens with two attached hydrogens (primary N) is 1. The highest BCUT2D eigenvalue weighted by Crippen LogP contribution is 2.20. The third-order valence-electron chi connectivity index (χ3n) is 4.56. The number of nitrogens with zero attached hydrogens (tertiary/aromatic N) is 2. The van der Waals surface area contributed by atoms with Gasteiger partial charge in [0.25, 0.3) is 23.3 Å². The fourth-order valence-electron chi connectivity index (χ4n) is 2.74. The number of nitrogen functional groups attached to an aromatic ring is 1. The van der Waals surface area contributed by atoms with Crippen LogP contribution in [0.15, 0.2) is 54.0 Å². The van der Waals surface area contributed by atoms with Crippen molar-refractivity contribution in [2.75, 3.05) is 24.2 Å². The number of anilines is 2. The van der Waals surface area contributed by atoms with Crippen molar-refractivity contribution in [2.24, 2.45) is 0 Å². The van der Waals surface area contributed by atoms with E-state index in [1.165, 1.54) is 43.5 Å². The number of nitrogens with one attached hydrogen (secondary N) is 2. The summed E-state index contributed by atoms with van der Waals surface area (Å²) < 4.78 is 5.84. The van der Waals surface area contributed by atoms with E-state index in [0.29, 0.717) is 5.69 Å². The van der Waals surface area contributed by atoms with Gasteiger partial charge >= 0.3 is 5.97 Å². The van der Waals surface area contributed by atoms with Crippen LogP contribution in [0.5, 0.6) is 0 Å². The van der Waals surface area contributed by atoms with Gasteiger partial charge in [0.2, 0.25) is 0 Å². The third-order valence-corrected chi connectivity index (χ3v) is 4.89. The number of hydrogen-bond acceptors (Lipinski definition) is 7. The Bertz CT molecular complexity index is 1180. The molecule has 1 heterocycles. The summed E-state index contributed by atoms with van der Waals surface area (Å²) in [7, 11) is 0. The van der Waals surface area contributed by atoms with Crippen LogP contribution < -0.4 is 22.0 Å². The van der Waals surface area contributed by atoms with Crippen LogP contribution in [-0.4, -0.2) is 46.4 Å². The summed E-state index contributed by atoms with van der Waals surface area (Å²) in [5.74, 6) is -2.86. The van der Waals surface area contributed by atoms with E-state index in [2.05, 4.69) is 17.3 Å². The van der Waals surface area contributed by atoms with Crippen molar-refractivity contribution in [1.29, 1.82) is 0 Å². The van der Waals surface area contributed by atoms with Crippen LogP contribution in [0.2, 0.25) is 5.02 Å². The highest BCUT2D eigenvalue weighted by molar-refractivity contribution is 6.33. The summed E-state index contributed by atoms with van der Waals surface area (Å²) in [6.45, 7) is 5.87. The highest BCUT2D eigenvalue weighted by Gasteiger charge is 2.23. The topological polar surface area (TPSA) is 153 Å². The molecule has 0 saturated carbocycles. The predicted molar refractivity (Wildman–Crippen MR) is 126 cm³/mol. The van der Waals surface area contributed by atoms with Crippen LogP contribution in [0.25, 0.3) is 0 Å². The first-order chi connectivity index (χ1) is 16.1. The molecule has 11 nitrogen and oxygen atoms in total. The fraction of sp³-hybridized carbons (Fsp3) is 0.227. The number of aromatic nitrogens is 1. The lowest BCUT2D eigenvalue weighted by Crippen LogP contribution is -2.50. The van der Waals surface area contributed by atoms with E-state index in [-0.39, 0.29) is 22.9 Å². The molecule has 0 radical (unpaired) electrons. The Morgan fingerprint density at radius 3 is 2.62 bits per heavy atom. The first kappa shape index (κ1) is 26.1. The largest absolute Gasteiger partial charge is 0.465 e. The second-order valence-electron chi connectivity index (χ2n) is 6.91. The van der Waals surface area contributed by atoms with Gasteiger partial charge in [-0.05, 0) is 50.3 Å². The number of ether oxygens (including phenoxy) is 1. The van der Waals surface area contributed by atoms with Gasteiger partial charge in [0.15, 0.2) is 0 Å². The number of hydrazine groups is 1. The summed E-state index contributed by atoms with van der Waals surface area (Å²) in [4.78, 5) is 61.9. The maximum absolute atomic E-state index is 12.9. The van der Waals surface area contributed by atoms with Gasteiger partial charge in [-0.2, -0.15) is 0 Å². The molecule has 2 aromatic rings. The van der Waals surface area contributed by atoms with Crippen molar-refractivity contribution < 1.29 is 23.9 Å². The zero-order valence-corrected chi connectivity index (χ0v) is 19.3. The van der Waals surface area contributed by atoms with Crippen LogP contribution >= 0.6 is 11.6 Å². The summed E-state index contributed by atoms with van der Waals surface area (Å²) in [6, 6.07) is 5.98. The van der Waals surface area contributed by atoms with Gasteiger partial charge in [0.1, 0.15) is 18.3 Å². The molecule has 0 unspecified atom stereocenters. The minimum atomic E-state index is -1.11. The summed E-state index contributed by atoms with van der Waals surface area (Å²) in [5.41, 5.74) is 7.63. The average molecular weight is 490 g/mol. The Labute approximate surface area is 200 Å². The van der Waals surface area contributed by atoms with Crippen LogP contribution in [-0.2, 0) is 19.1 Å². The maximum atomic E-state index is 12.9. The molecule has 180 valence electrons. The molecule has 3 amide bonds. The van der Waals surface area contributed by atoms with Crippen molar-refractivity contribution in [3.63, 3.8) is 0 Å².